The average molecular weight is 267 g/mol. The first kappa shape index (κ1) is 15.5. The molecule has 0 bridgehead atoms. The number of amides is 1. The van der Waals surface area contributed by atoms with E-state index in [-0.39, 0.29) is 17.6 Å². The molecule has 0 aliphatic heterocycles. The number of rotatable bonds is 6. The van der Waals surface area contributed by atoms with Crippen molar-refractivity contribution in [2.75, 3.05) is 6.54 Å². The average Bonchev–Trinajstić information content (AvgIpc) is 2.38. The van der Waals surface area contributed by atoms with Crippen LogP contribution in [0.15, 0.2) is 24.3 Å². The number of ether oxygens (including phenoxy) is 1. The lowest BCUT2D eigenvalue weighted by Gasteiger charge is -2.33. The van der Waals surface area contributed by atoms with Gasteiger partial charge < -0.3 is 10.1 Å². The lowest BCUT2D eigenvalue weighted by atomic mass is 9.91. The van der Waals surface area contributed by atoms with Crippen molar-refractivity contribution in [1.82, 2.24) is 5.32 Å². The summed E-state index contributed by atoms with van der Waals surface area (Å²) < 4.78 is 18.7. The molecule has 1 atom stereocenters. The van der Waals surface area contributed by atoms with E-state index in [1.165, 1.54) is 24.3 Å². The summed E-state index contributed by atoms with van der Waals surface area (Å²) in [5.74, 6) is 0.0152. The molecule has 1 aromatic rings. The van der Waals surface area contributed by atoms with E-state index >= 15 is 0 Å². The lowest BCUT2D eigenvalue weighted by Crippen LogP contribution is -2.52. The Hall–Kier alpha value is -1.58. The van der Waals surface area contributed by atoms with E-state index in [9.17, 15) is 9.18 Å². The fourth-order valence-electron chi connectivity index (χ4n) is 1.59. The van der Waals surface area contributed by atoms with Crippen molar-refractivity contribution in [3.8, 4) is 5.75 Å². The number of nitrogens with one attached hydrogen (secondary N) is 1. The van der Waals surface area contributed by atoms with Gasteiger partial charge in [0.1, 0.15) is 11.6 Å². The van der Waals surface area contributed by atoms with Crippen LogP contribution in [0.3, 0.4) is 0 Å². The molecule has 1 rings (SSSR count). The molecule has 0 saturated heterocycles. The quantitative estimate of drug-likeness (QED) is 0.860. The summed E-state index contributed by atoms with van der Waals surface area (Å²) in [6.45, 7) is 8.22. The second-order valence-electron chi connectivity index (χ2n) is 5.07. The summed E-state index contributed by atoms with van der Waals surface area (Å²) in [5, 5.41) is 2.85. The predicted molar refractivity (Wildman–Crippen MR) is 73.6 cm³/mol. The van der Waals surface area contributed by atoms with Crippen LogP contribution in [0.25, 0.3) is 0 Å². The van der Waals surface area contributed by atoms with Crippen LogP contribution >= 0.6 is 0 Å². The molecule has 0 heterocycles. The molecule has 1 amide bonds. The number of benzene rings is 1. The van der Waals surface area contributed by atoms with Crippen LogP contribution in [0.4, 0.5) is 4.39 Å². The van der Waals surface area contributed by atoms with Crippen molar-refractivity contribution in [3.63, 3.8) is 0 Å². The summed E-state index contributed by atoms with van der Waals surface area (Å²) in [6, 6.07) is 5.70. The van der Waals surface area contributed by atoms with Gasteiger partial charge in [-0.3, -0.25) is 4.79 Å². The van der Waals surface area contributed by atoms with Gasteiger partial charge >= 0.3 is 0 Å². The Bertz CT molecular complexity index is 417. The van der Waals surface area contributed by atoms with Gasteiger partial charge in [0, 0.05) is 12.5 Å². The Morgan fingerprint density at radius 1 is 1.37 bits per heavy atom. The highest BCUT2D eigenvalue weighted by Gasteiger charge is 2.38. The minimum absolute atomic E-state index is 0.00518. The summed E-state index contributed by atoms with van der Waals surface area (Å²) in [6.07, 6.45) is 0.871. The Morgan fingerprint density at radius 2 is 1.95 bits per heavy atom. The van der Waals surface area contributed by atoms with Crippen LogP contribution in [0.5, 0.6) is 5.75 Å². The van der Waals surface area contributed by atoms with E-state index in [1.807, 2.05) is 20.8 Å². The fourth-order valence-corrected chi connectivity index (χ4v) is 1.59. The maximum atomic E-state index is 12.9. The maximum Gasteiger partial charge on any atom is 0.264 e. The van der Waals surface area contributed by atoms with Gasteiger partial charge in [0.2, 0.25) is 0 Å². The Morgan fingerprint density at radius 3 is 2.42 bits per heavy atom. The molecule has 1 aromatic carbocycles. The molecule has 106 valence electrons. The minimum Gasteiger partial charge on any atom is -0.477 e. The van der Waals surface area contributed by atoms with E-state index in [1.54, 1.807) is 6.92 Å². The van der Waals surface area contributed by atoms with Gasteiger partial charge in [-0.2, -0.15) is 0 Å². The van der Waals surface area contributed by atoms with E-state index in [4.69, 9.17) is 4.74 Å². The molecule has 1 unspecified atom stereocenters. The number of carbonyl (C=O) groups excluding carboxylic acids is 1. The number of hydrogen-bond acceptors (Lipinski definition) is 2. The maximum absolute atomic E-state index is 12.9. The van der Waals surface area contributed by atoms with Crippen LogP contribution < -0.4 is 10.1 Å². The van der Waals surface area contributed by atoms with Crippen molar-refractivity contribution in [2.45, 2.75) is 39.7 Å². The smallest absolute Gasteiger partial charge is 0.264 e. The number of hydrogen-bond donors (Lipinski definition) is 1. The first-order chi connectivity index (χ1) is 8.90. The van der Waals surface area contributed by atoms with Crippen molar-refractivity contribution in [3.05, 3.63) is 30.1 Å². The Balaban J connectivity index is 2.87. The third-order valence-corrected chi connectivity index (χ3v) is 3.23. The molecule has 0 fully saturated rings. The van der Waals surface area contributed by atoms with E-state index in [0.717, 1.165) is 6.42 Å². The second kappa shape index (κ2) is 6.55. The number of carbonyl (C=O) groups is 1. The van der Waals surface area contributed by atoms with E-state index < -0.39 is 5.60 Å². The molecule has 0 aromatic heterocycles. The third-order valence-electron chi connectivity index (χ3n) is 3.23. The Labute approximate surface area is 114 Å². The second-order valence-corrected chi connectivity index (χ2v) is 5.07. The first-order valence-corrected chi connectivity index (χ1v) is 6.63. The summed E-state index contributed by atoms with van der Waals surface area (Å²) in [4.78, 5) is 12.2. The van der Waals surface area contributed by atoms with Crippen LogP contribution in [-0.4, -0.2) is 18.1 Å². The predicted octanol–water partition coefficient (Wildman–Crippen LogP) is 3.15. The topological polar surface area (TPSA) is 38.3 Å². The monoisotopic (exact) mass is 267 g/mol. The third kappa shape index (κ3) is 3.94. The number of halogens is 1. The first-order valence-electron chi connectivity index (χ1n) is 6.63. The van der Waals surface area contributed by atoms with Gasteiger partial charge in [-0.25, -0.2) is 4.39 Å². The fraction of sp³-hybridized carbons (Fsp3) is 0.533. The molecule has 4 heteroatoms. The minimum atomic E-state index is -0.965. The van der Waals surface area contributed by atoms with Crippen molar-refractivity contribution < 1.29 is 13.9 Å². The zero-order valence-corrected chi connectivity index (χ0v) is 12.0. The van der Waals surface area contributed by atoms with Gasteiger partial charge in [0.25, 0.3) is 5.91 Å². The standard InChI is InChI=1S/C15H22FNO2/c1-5-10-17-14(18)15(4,11(2)3)19-13-8-6-12(16)7-9-13/h6-9,11H,5,10H2,1-4H3,(H,17,18). The van der Waals surface area contributed by atoms with E-state index in [0.29, 0.717) is 12.3 Å². The molecule has 0 aliphatic rings. The van der Waals surface area contributed by atoms with Crippen molar-refractivity contribution >= 4 is 5.91 Å². The van der Waals surface area contributed by atoms with Gasteiger partial charge in [-0.1, -0.05) is 20.8 Å². The SMILES string of the molecule is CCCNC(=O)C(C)(Oc1ccc(F)cc1)C(C)C. The molecule has 1 N–H and O–H groups in total. The van der Waals surface area contributed by atoms with Gasteiger partial charge in [-0.15, -0.1) is 0 Å². The van der Waals surface area contributed by atoms with E-state index in [2.05, 4.69) is 5.32 Å². The molecule has 0 radical (unpaired) electrons. The largest absolute Gasteiger partial charge is 0.477 e. The van der Waals surface area contributed by atoms with Crippen LogP contribution in [-0.2, 0) is 4.79 Å². The molecule has 0 saturated carbocycles. The van der Waals surface area contributed by atoms with Crippen molar-refractivity contribution in [1.29, 1.82) is 0 Å². The molecule has 19 heavy (non-hydrogen) atoms. The lowest BCUT2D eigenvalue weighted by molar-refractivity contribution is -0.139. The highest BCUT2D eigenvalue weighted by atomic mass is 19.1. The van der Waals surface area contributed by atoms with Crippen LogP contribution in [0.2, 0.25) is 0 Å². The molecular formula is C15H22FNO2. The van der Waals surface area contributed by atoms with Gasteiger partial charge in [-0.05, 0) is 37.6 Å². The van der Waals surface area contributed by atoms with Crippen LogP contribution in [0.1, 0.15) is 34.1 Å². The summed E-state index contributed by atoms with van der Waals surface area (Å²) in [5.41, 5.74) is -0.965. The highest BCUT2D eigenvalue weighted by Crippen LogP contribution is 2.25. The summed E-state index contributed by atoms with van der Waals surface area (Å²) >= 11 is 0. The Kier molecular flexibility index (Phi) is 5.33. The van der Waals surface area contributed by atoms with Crippen molar-refractivity contribution in [2.24, 2.45) is 5.92 Å². The van der Waals surface area contributed by atoms with Gasteiger partial charge in [0.05, 0.1) is 0 Å². The zero-order valence-electron chi connectivity index (χ0n) is 12.0. The molecule has 0 aliphatic carbocycles. The molecular weight excluding hydrogens is 245 g/mol. The normalized spacial score (nSPS) is 14.0. The molecule has 0 spiro atoms. The van der Waals surface area contributed by atoms with Gasteiger partial charge in [0.15, 0.2) is 5.60 Å². The highest BCUT2D eigenvalue weighted by molar-refractivity contribution is 5.85. The summed E-state index contributed by atoms with van der Waals surface area (Å²) in [7, 11) is 0. The van der Waals surface area contributed by atoms with Crippen LogP contribution in [0, 0.1) is 11.7 Å². The zero-order chi connectivity index (χ0) is 14.5. The molecule has 3 nitrogen and oxygen atoms in total.